The Morgan fingerprint density at radius 2 is 2.28 bits per heavy atom. The van der Waals surface area contributed by atoms with E-state index in [9.17, 15) is 19.3 Å². The first kappa shape index (κ1) is 12.4. The largest absolute Gasteiger partial charge is 0.318 e. The van der Waals surface area contributed by atoms with E-state index in [0.717, 1.165) is 25.2 Å². The number of benzene rings is 1. The van der Waals surface area contributed by atoms with Crippen molar-refractivity contribution in [1.82, 2.24) is 5.32 Å². The average Bonchev–Trinajstić information content (AvgIpc) is 2.26. The molecule has 1 aromatic rings. The molecular weight excluding hydrogens is 241 g/mol. The summed E-state index contributed by atoms with van der Waals surface area (Å²) < 4.78 is 13.5. The van der Waals surface area contributed by atoms with E-state index in [4.69, 9.17) is 0 Å². The van der Waals surface area contributed by atoms with Gasteiger partial charge in [0.05, 0.1) is 4.92 Å². The quantitative estimate of drug-likeness (QED) is 0.625. The molecule has 1 aromatic carbocycles. The molecule has 1 fully saturated rings. The lowest BCUT2D eigenvalue weighted by atomic mass is 9.99. The van der Waals surface area contributed by atoms with Crippen molar-refractivity contribution in [2.45, 2.75) is 6.42 Å². The zero-order valence-electron chi connectivity index (χ0n) is 9.48. The van der Waals surface area contributed by atoms with E-state index in [1.807, 2.05) is 0 Å². The molecule has 7 heteroatoms. The second kappa shape index (κ2) is 5.09. The van der Waals surface area contributed by atoms with Gasteiger partial charge in [0.2, 0.25) is 5.91 Å². The Kier molecular flexibility index (Phi) is 3.52. The van der Waals surface area contributed by atoms with Crippen LogP contribution in [0.25, 0.3) is 0 Å². The second-order valence-corrected chi connectivity index (χ2v) is 4.17. The van der Waals surface area contributed by atoms with Crippen LogP contribution in [0.15, 0.2) is 18.2 Å². The van der Waals surface area contributed by atoms with Crippen LogP contribution in [-0.2, 0) is 4.79 Å². The van der Waals surface area contributed by atoms with Crippen LogP contribution in [0.5, 0.6) is 0 Å². The van der Waals surface area contributed by atoms with Gasteiger partial charge >= 0.3 is 0 Å². The number of carbonyl (C=O) groups excluding carboxylic acids is 1. The van der Waals surface area contributed by atoms with Gasteiger partial charge in [-0.2, -0.15) is 0 Å². The zero-order valence-corrected chi connectivity index (χ0v) is 9.48. The molecule has 1 amide bonds. The van der Waals surface area contributed by atoms with Gasteiger partial charge in [-0.15, -0.1) is 0 Å². The number of para-hydroxylation sites is 1. The van der Waals surface area contributed by atoms with Crippen LogP contribution in [0.1, 0.15) is 6.42 Å². The summed E-state index contributed by atoms with van der Waals surface area (Å²) >= 11 is 0. The summed E-state index contributed by atoms with van der Waals surface area (Å²) in [6.07, 6.45) is 0.235. The third-order valence-corrected chi connectivity index (χ3v) is 2.79. The number of hydrogen-bond donors (Lipinski definition) is 2. The fraction of sp³-hybridized carbons (Fsp3) is 0.364. The van der Waals surface area contributed by atoms with E-state index in [1.54, 1.807) is 0 Å². The monoisotopic (exact) mass is 253 g/mol. The Morgan fingerprint density at radius 1 is 1.56 bits per heavy atom. The standard InChI is InChI=1S/C11H12FN3O3/c12-8-2-1-3-9(15(17)18)11(8)14-10(16)4-7-5-13-6-7/h1-3,7,13H,4-6H2,(H,14,16). The molecule has 18 heavy (non-hydrogen) atoms. The van der Waals surface area contributed by atoms with Gasteiger partial charge in [-0.05, 0) is 25.1 Å². The van der Waals surface area contributed by atoms with Crippen LogP contribution < -0.4 is 10.6 Å². The molecule has 0 aromatic heterocycles. The first-order chi connectivity index (χ1) is 8.58. The van der Waals surface area contributed by atoms with E-state index in [2.05, 4.69) is 10.6 Å². The van der Waals surface area contributed by atoms with Crippen molar-refractivity contribution >= 4 is 17.3 Å². The van der Waals surface area contributed by atoms with Crippen molar-refractivity contribution in [3.8, 4) is 0 Å². The summed E-state index contributed by atoms with van der Waals surface area (Å²) in [6.45, 7) is 1.49. The number of carbonyl (C=O) groups is 1. The summed E-state index contributed by atoms with van der Waals surface area (Å²) in [5.74, 6) is -0.991. The molecule has 1 aliphatic heterocycles. The third kappa shape index (κ3) is 2.62. The number of nitro groups is 1. The Hall–Kier alpha value is -2.02. The molecule has 2 rings (SSSR count). The van der Waals surface area contributed by atoms with Gasteiger partial charge in [-0.25, -0.2) is 4.39 Å². The van der Waals surface area contributed by atoms with E-state index >= 15 is 0 Å². The second-order valence-electron chi connectivity index (χ2n) is 4.17. The van der Waals surface area contributed by atoms with Crippen LogP contribution >= 0.6 is 0 Å². The van der Waals surface area contributed by atoms with Crippen LogP contribution in [0, 0.1) is 21.8 Å². The molecule has 0 unspecified atom stereocenters. The molecule has 0 aliphatic carbocycles. The van der Waals surface area contributed by atoms with E-state index in [0.29, 0.717) is 0 Å². The molecule has 2 N–H and O–H groups in total. The fourth-order valence-electron chi connectivity index (χ4n) is 1.73. The third-order valence-electron chi connectivity index (χ3n) is 2.79. The van der Waals surface area contributed by atoms with Crippen LogP contribution in [-0.4, -0.2) is 23.9 Å². The molecule has 1 heterocycles. The number of hydrogen-bond acceptors (Lipinski definition) is 4. The molecule has 0 saturated carbocycles. The minimum Gasteiger partial charge on any atom is -0.318 e. The smallest absolute Gasteiger partial charge is 0.295 e. The van der Waals surface area contributed by atoms with E-state index in [1.165, 1.54) is 6.07 Å². The number of rotatable bonds is 4. The van der Waals surface area contributed by atoms with Crippen molar-refractivity contribution in [2.24, 2.45) is 5.92 Å². The molecular formula is C11H12FN3O3. The first-order valence-corrected chi connectivity index (χ1v) is 5.51. The summed E-state index contributed by atoms with van der Waals surface area (Å²) in [7, 11) is 0. The maximum absolute atomic E-state index is 13.5. The highest BCUT2D eigenvalue weighted by molar-refractivity contribution is 5.93. The Morgan fingerprint density at radius 3 is 2.83 bits per heavy atom. The minimum atomic E-state index is -0.802. The van der Waals surface area contributed by atoms with Gasteiger partial charge < -0.3 is 10.6 Å². The number of anilines is 1. The Labute approximate surface area is 102 Å². The summed E-state index contributed by atoms with van der Waals surface area (Å²) in [5.41, 5.74) is -0.796. The van der Waals surface area contributed by atoms with Crippen molar-refractivity contribution < 1.29 is 14.1 Å². The molecule has 0 atom stereocenters. The van der Waals surface area contributed by atoms with Crippen LogP contribution in [0.2, 0.25) is 0 Å². The molecule has 96 valence electrons. The lowest BCUT2D eigenvalue weighted by Gasteiger charge is -2.26. The Bertz CT molecular complexity index is 488. The molecule has 0 spiro atoms. The minimum absolute atomic E-state index is 0.218. The van der Waals surface area contributed by atoms with Crippen molar-refractivity contribution in [3.63, 3.8) is 0 Å². The van der Waals surface area contributed by atoms with E-state index in [-0.39, 0.29) is 18.0 Å². The Balaban J connectivity index is 2.11. The molecule has 1 saturated heterocycles. The highest BCUT2D eigenvalue weighted by Crippen LogP contribution is 2.27. The maximum atomic E-state index is 13.5. The average molecular weight is 253 g/mol. The maximum Gasteiger partial charge on any atom is 0.295 e. The topological polar surface area (TPSA) is 84.3 Å². The number of nitro benzene ring substituents is 1. The predicted molar refractivity (Wildman–Crippen MR) is 62.7 cm³/mol. The van der Waals surface area contributed by atoms with Gasteiger partial charge in [-0.3, -0.25) is 14.9 Å². The van der Waals surface area contributed by atoms with Gasteiger partial charge in [0, 0.05) is 12.5 Å². The molecule has 1 aliphatic rings. The SMILES string of the molecule is O=C(CC1CNC1)Nc1c(F)cccc1[N+](=O)[O-]. The van der Waals surface area contributed by atoms with Crippen LogP contribution in [0.4, 0.5) is 15.8 Å². The van der Waals surface area contributed by atoms with Gasteiger partial charge in [-0.1, -0.05) is 6.07 Å². The number of nitrogens with zero attached hydrogens (tertiary/aromatic N) is 1. The predicted octanol–water partition coefficient (Wildman–Crippen LogP) is 1.28. The fourth-order valence-corrected chi connectivity index (χ4v) is 1.73. The highest BCUT2D eigenvalue weighted by atomic mass is 19.1. The van der Waals surface area contributed by atoms with Crippen molar-refractivity contribution in [3.05, 3.63) is 34.1 Å². The zero-order chi connectivity index (χ0) is 13.1. The van der Waals surface area contributed by atoms with Crippen molar-refractivity contribution in [2.75, 3.05) is 18.4 Å². The highest BCUT2D eigenvalue weighted by Gasteiger charge is 2.23. The molecule has 6 nitrogen and oxygen atoms in total. The van der Waals surface area contributed by atoms with E-state index < -0.39 is 22.3 Å². The molecule has 0 bridgehead atoms. The molecule has 0 radical (unpaired) electrons. The van der Waals surface area contributed by atoms with Gasteiger partial charge in [0.25, 0.3) is 5.69 Å². The summed E-state index contributed by atoms with van der Waals surface area (Å²) in [4.78, 5) is 21.6. The number of halogens is 1. The summed E-state index contributed by atoms with van der Waals surface area (Å²) in [5, 5.41) is 16.0. The van der Waals surface area contributed by atoms with Gasteiger partial charge in [0.15, 0.2) is 11.5 Å². The normalized spacial score (nSPS) is 14.9. The number of nitrogens with one attached hydrogen (secondary N) is 2. The van der Waals surface area contributed by atoms with Gasteiger partial charge in [0.1, 0.15) is 0 Å². The first-order valence-electron chi connectivity index (χ1n) is 5.51. The summed E-state index contributed by atoms with van der Waals surface area (Å²) in [6, 6.07) is 3.47. The number of amides is 1. The lowest BCUT2D eigenvalue weighted by Crippen LogP contribution is -2.43. The van der Waals surface area contributed by atoms with Crippen LogP contribution in [0.3, 0.4) is 0 Å². The van der Waals surface area contributed by atoms with Crippen molar-refractivity contribution in [1.29, 1.82) is 0 Å². The lowest BCUT2D eigenvalue weighted by molar-refractivity contribution is -0.384.